The lowest BCUT2D eigenvalue weighted by Crippen LogP contribution is -2.20. The average Bonchev–Trinajstić information content (AvgIpc) is 3.04. The summed E-state index contributed by atoms with van der Waals surface area (Å²) in [6, 6.07) is 0. The molecule has 0 aromatic heterocycles. The maximum atomic E-state index is 12.9. The summed E-state index contributed by atoms with van der Waals surface area (Å²) in [7, 11) is -1.87. The highest BCUT2D eigenvalue weighted by atomic mass is 31.1. The van der Waals surface area contributed by atoms with Crippen molar-refractivity contribution in [3.8, 4) is 0 Å². The van der Waals surface area contributed by atoms with E-state index in [0.29, 0.717) is 12.8 Å². The summed E-state index contributed by atoms with van der Waals surface area (Å²) in [5.74, 6) is 0. The molecule has 45 heavy (non-hydrogen) atoms. The van der Waals surface area contributed by atoms with Gasteiger partial charge in [0.1, 0.15) is 6.10 Å². The third kappa shape index (κ3) is 31.5. The molecule has 5 nitrogen and oxygen atoms in total. The molecule has 0 aliphatic carbocycles. The van der Waals surface area contributed by atoms with E-state index < -0.39 is 20.9 Å². The van der Waals surface area contributed by atoms with E-state index in [4.69, 9.17) is 9.63 Å². The number of aliphatic hydroxyl groups is 2. The quantitative estimate of drug-likeness (QED) is 0.0400. The molecule has 0 saturated carbocycles. The molecule has 0 heterocycles. The van der Waals surface area contributed by atoms with Gasteiger partial charge in [-0.3, -0.25) is 9.59 Å². The van der Waals surface area contributed by atoms with Crippen molar-refractivity contribution in [3.05, 3.63) is 24.3 Å². The van der Waals surface area contributed by atoms with Gasteiger partial charge in [0.2, 0.25) is 0 Å². The van der Waals surface area contributed by atoms with Gasteiger partial charge in [-0.25, -0.2) is 0 Å². The fourth-order valence-electron chi connectivity index (χ4n) is 5.39. The lowest BCUT2D eigenvalue weighted by Gasteiger charge is -2.17. The van der Waals surface area contributed by atoms with Crippen LogP contribution in [0.25, 0.3) is 0 Å². The van der Waals surface area contributed by atoms with Crippen molar-refractivity contribution >= 4 is 19.2 Å². The lowest BCUT2D eigenvalue weighted by molar-refractivity contribution is -0.115. The summed E-state index contributed by atoms with van der Waals surface area (Å²) in [5.41, 5.74) is -0.240. The number of hydrogen-bond acceptors (Lipinski definition) is 5. The third-order valence-electron chi connectivity index (χ3n) is 8.36. The molecule has 0 amide bonds. The van der Waals surface area contributed by atoms with E-state index in [1.54, 1.807) is 0 Å². The van der Waals surface area contributed by atoms with Crippen LogP contribution in [0.4, 0.5) is 0 Å². The number of unbranched alkanes of at least 4 members (excludes halogenated alkanes) is 22. The molecule has 1 unspecified atom stereocenters. The van der Waals surface area contributed by atoms with Crippen LogP contribution in [0.5, 0.6) is 0 Å². The monoisotopic (exact) mass is 653 g/mol. The molecular formula is C39H73O5P. The summed E-state index contributed by atoms with van der Waals surface area (Å²) in [4.78, 5) is 25.8. The van der Waals surface area contributed by atoms with E-state index in [9.17, 15) is 14.7 Å². The van der Waals surface area contributed by atoms with Gasteiger partial charge in [-0.2, -0.15) is 0 Å². The maximum Gasteiger partial charge on any atom is 0.189 e. The Bertz CT molecular complexity index is 656. The average molecular weight is 653 g/mol. The summed E-state index contributed by atoms with van der Waals surface area (Å²) < 4.78 is 5.61. The van der Waals surface area contributed by atoms with Gasteiger partial charge in [0.25, 0.3) is 0 Å². The Labute approximate surface area is 280 Å². The Balaban J connectivity index is 4.02. The van der Waals surface area contributed by atoms with Crippen molar-refractivity contribution < 1.29 is 24.3 Å². The highest BCUT2D eigenvalue weighted by Crippen LogP contribution is 2.42. The van der Waals surface area contributed by atoms with E-state index in [0.717, 1.165) is 64.2 Å². The molecule has 0 saturated heterocycles. The normalized spacial score (nSPS) is 13.2. The van der Waals surface area contributed by atoms with Crippen molar-refractivity contribution in [2.75, 3.05) is 13.2 Å². The molecule has 6 heteroatoms. The number of aliphatic hydroxyl groups excluding tert-OH is 2. The molecular weight excluding hydrogens is 579 g/mol. The summed E-state index contributed by atoms with van der Waals surface area (Å²) >= 11 is 0. The van der Waals surface area contributed by atoms with Crippen LogP contribution in [-0.2, 0) is 14.1 Å². The molecule has 1 atom stereocenters. The van der Waals surface area contributed by atoms with Gasteiger partial charge in [0.05, 0.1) is 13.2 Å². The first-order chi connectivity index (χ1) is 22.1. The minimum Gasteiger partial charge on any atom is -0.394 e. The van der Waals surface area contributed by atoms with Crippen molar-refractivity contribution in [2.24, 2.45) is 0 Å². The topological polar surface area (TPSA) is 83.8 Å². The number of carbonyl (C=O) groups is 2. The zero-order valence-electron chi connectivity index (χ0n) is 29.7. The van der Waals surface area contributed by atoms with E-state index in [1.807, 2.05) is 0 Å². The van der Waals surface area contributed by atoms with Gasteiger partial charge in [0.15, 0.2) is 19.2 Å². The van der Waals surface area contributed by atoms with Crippen LogP contribution in [0.15, 0.2) is 24.3 Å². The molecule has 0 rings (SSSR count). The summed E-state index contributed by atoms with van der Waals surface area (Å²) in [5, 5.41) is 18.8. The van der Waals surface area contributed by atoms with E-state index >= 15 is 0 Å². The highest BCUT2D eigenvalue weighted by Gasteiger charge is 2.27. The van der Waals surface area contributed by atoms with Crippen LogP contribution in [0.2, 0.25) is 0 Å². The maximum absolute atomic E-state index is 12.9. The van der Waals surface area contributed by atoms with Gasteiger partial charge >= 0.3 is 0 Å². The molecule has 2 N–H and O–H groups in total. The second-order valence-corrected chi connectivity index (χ2v) is 14.7. The van der Waals surface area contributed by atoms with Crippen LogP contribution in [0, 0.1) is 0 Å². The van der Waals surface area contributed by atoms with Gasteiger partial charge in [-0.15, -0.1) is 0 Å². The number of allylic oxidation sites excluding steroid dienone is 4. The van der Waals surface area contributed by atoms with Crippen molar-refractivity contribution in [3.63, 3.8) is 0 Å². The standard InChI is InChI=1S/C39H73O5P/c1-3-5-7-9-11-13-15-17-19-21-23-25-27-29-31-33-38(42)45(44-36-37(41)35-40)39(43)34-32-30-28-26-24-22-20-18-16-14-12-10-8-6-4-2/h17-20,37,40-41H,3-16,21-36H2,1-2H3. The van der Waals surface area contributed by atoms with Crippen molar-refractivity contribution in [2.45, 2.75) is 200 Å². The summed E-state index contributed by atoms with van der Waals surface area (Å²) in [6.45, 7) is 3.91. The zero-order chi connectivity index (χ0) is 33.1. The molecule has 0 aliphatic heterocycles. The second kappa shape index (κ2) is 36.0. The Kier molecular flexibility index (Phi) is 35.3. The van der Waals surface area contributed by atoms with Crippen molar-refractivity contribution in [1.82, 2.24) is 0 Å². The minimum atomic E-state index is -1.87. The van der Waals surface area contributed by atoms with Crippen LogP contribution in [0.1, 0.15) is 194 Å². The highest BCUT2D eigenvalue weighted by molar-refractivity contribution is 7.85. The van der Waals surface area contributed by atoms with E-state index in [1.165, 1.54) is 103 Å². The first kappa shape index (κ1) is 44.1. The van der Waals surface area contributed by atoms with Gasteiger partial charge in [-0.05, 0) is 64.2 Å². The van der Waals surface area contributed by atoms with Gasteiger partial charge in [0, 0.05) is 12.8 Å². The lowest BCUT2D eigenvalue weighted by atomic mass is 10.1. The first-order valence-corrected chi connectivity index (χ1v) is 20.4. The molecule has 0 bridgehead atoms. The van der Waals surface area contributed by atoms with Crippen LogP contribution < -0.4 is 0 Å². The molecule has 0 spiro atoms. The predicted molar refractivity (Wildman–Crippen MR) is 195 cm³/mol. The number of rotatable bonds is 36. The second-order valence-electron chi connectivity index (χ2n) is 12.9. The Morgan fingerprint density at radius 2 is 0.844 bits per heavy atom. The predicted octanol–water partition coefficient (Wildman–Crippen LogP) is 11.9. The molecule has 264 valence electrons. The Morgan fingerprint density at radius 1 is 0.533 bits per heavy atom. The van der Waals surface area contributed by atoms with Crippen LogP contribution >= 0.6 is 8.15 Å². The van der Waals surface area contributed by atoms with Crippen molar-refractivity contribution in [1.29, 1.82) is 0 Å². The van der Waals surface area contributed by atoms with Crippen LogP contribution in [0.3, 0.4) is 0 Å². The van der Waals surface area contributed by atoms with E-state index in [2.05, 4.69) is 38.2 Å². The third-order valence-corrected chi connectivity index (χ3v) is 10.1. The SMILES string of the molecule is CCCCCCCCC=CCCCCCCCC(=O)P(OCC(O)CO)C(=O)CCCCCCCC=CCCCCCCCC. The number of hydrogen-bond donors (Lipinski definition) is 2. The fraction of sp³-hybridized carbons (Fsp3) is 0.846. The minimum absolute atomic E-state index is 0.120. The fourth-order valence-corrected chi connectivity index (χ4v) is 7.00. The van der Waals surface area contributed by atoms with Gasteiger partial charge < -0.3 is 14.7 Å². The number of carbonyl (C=O) groups excluding carboxylic acids is 2. The smallest absolute Gasteiger partial charge is 0.189 e. The van der Waals surface area contributed by atoms with Gasteiger partial charge in [-0.1, -0.05) is 141 Å². The van der Waals surface area contributed by atoms with E-state index in [-0.39, 0.29) is 17.7 Å². The zero-order valence-corrected chi connectivity index (χ0v) is 30.6. The first-order valence-electron chi connectivity index (χ1n) is 19.1. The molecule has 0 radical (unpaired) electrons. The molecule has 0 aromatic rings. The van der Waals surface area contributed by atoms with Crippen LogP contribution in [-0.4, -0.2) is 40.6 Å². The Morgan fingerprint density at radius 3 is 1.18 bits per heavy atom. The molecule has 0 aliphatic rings. The summed E-state index contributed by atoms with van der Waals surface area (Å²) in [6.07, 6.45) is 40.2. The largest absolute Gasteiger partial charge is 0.394 e. The molecule has 0 fully saturated rings. The Hall–Kier alpha value is -0.870. The molecule has 0 aromatic carbocycles.